The fraction of sp³-hybridized carbons (Fsp3) is 0.769. The molecule has 0 spiro atoms. The van der Waals surface area contributed by atoms with E-state index in [0.29, 0.717) is 0 Å². The molecule has 2 N–H and O–H groups in total. The minimum atomic E-state index is -0.108. The van der Waals surface area contributed by atoms with Crippen LogP contribution in [0.5, 0.6) is 0 Å². The van der Waals surface area contributed by atoms with Gasteiger partial charge in [0, 0.05) is 12.6 Å². The first kappa shape index (κ1) is 15.5. The minimum absolute atomic E-state index is 0.108. The molecule has 1 heterocycles. The molecular formula is C13H25N3OS. The molecule has 1 aromatic rings. The second-order valence-corrected chi connectivity index (χ2v) is 5.86. The zero-order valence-corrected chi connectivity index (χ0v) is 12.7. The smallest absolute Gasteiger partial charge is 0.0939 e. The Bertz CT molecular complexity index is 353. The molecule has 0 saturated heterocycles. The third kappa shape index (κ3) is 4.00. The lowest BCUT2D eigenvalue weighted by Crippen LogP contribution is -2.45. The molecule has 1 unspecified atom stereocenters. The Balaban J connectivity index is 2.36. The van der Waals surface area contributed by atoms with Gasteiger partial charge in [-0.25, -0.2) is 0 Å². The van der Waals surface area contributed by atoms with Crippen LogP contribution < -0.4 is 5.32 Å². The molecular weight excluding hydrogens is 246 g/mol. The summed E-state index contributed by atoms with van der Waals surface area (Å²) in [5.41, 5.74) is 0.955. The summed E-state index contributed by atoms with van der Waals surface area (Å²) in [6.07, 6.45) is 3.04. The molecule has 1 atom stereocenters. The van der Waals surface area contributed by atoms with Gasteiger partial charge in [-0.2, -0.15) is 5.10 Å². The largest absolute Gasteiger partial charge is 0.394 e. The molecule has 0 radical (unpaired) electrons. The highest BCUT2D eigenvalue weighted by Gasteiger charge is 2.24. The van der Waals surface area contributed by atoms with Gasteiger partial charge in [-0.15, -0.1) is 11.8 Å². The Morgan fingerprint density at radius 1 is 1.56 bits per heavy atom. The Morgan fingerprint density at radius 2 is 2.28 bits per heavy atom. The predicted octanol–water partition coefficient (Wildman–Crippen LogP) is 1.96. The molecule has 1 aromatic heterocycles. The molecule has 0 fully saturated rings. The normalized spacial score (nSPS) is 14.7. The van der Waals surface area contributed by atoms with Crippen molar-refractivity contribution < 1.29 is 5.11 Å². The molecule has 0 aromatic carbocycles. The standard InChI is InChI=1S/C13H25N3OS/c1-5-13(10-17,14-3)7-6-8-18-12-9-11(2)15-16(12)4/h9,14,17H,5-8,10H2,1-4H3. The van der Waals surface area contributed by atoms with Crippen LogP contribution in [0.15, 0.2) is 11.1 Å². The van der Waals surface area contributed by atoms with Gasteiger partial charge in [0.2, 0.25) is 0 Å². The first-order valence-electron chi connectivity index (χ1n) is 6.50. The van der Waals surface area contributed by atoms with Gasteiger partial charge in [-0.1, -0.05) is 6.92 Å². The number of aromatic nitrogens is 2. The number of aliphatic hydroxyl groups is 1. The topological polar surface area (TPSA) is 50.1 Å². The third-order valence-corrected chi connectivity index (χ3v) is 4.69. The average molecular weight is 271 g/mol. The Hall–Kier alpha value is -0.520. The van der Waals surface area contributed by atoms with Crippen molar-refractivity contribution in [3.8, 4) is 0 Å². The lowest BCUT2D eigenvalue weighted by molar-refractivity contribution is 0.154. The molecule has 0 aliphatic carbocycles. The van der Waals surface area contributed by atoms with E-state index in [-0.39, 0.29) is 12.1 Å². The van der Waals surface area contributed by atoms with E-state index in [9.17, 15) is 5.11 Å². The highest BCUT2D eigenvalue weighted by molar-refractivity contribution is 7.99. The maximum Gasteiger partial charge on any atom is 0.0939 e. The van der Waals surface area contributed by atoms with E-state index >= 15 is 0 Å². The number of hydrogen-bond donors (Lipinski definition) is 2. The molecule has 0 aliphatic rings. The monoisotopic (exact) mass is 271 g/mol. The lowest BCUT2D eigenvalue weighted by Gasteiger charge is -2.30. The van der Waals surface area contributed by atoms with Gasteiger partial charge in [0.1, 0.15) is 0 Å². The summed E-state index contributed by atoms with van der Waals surface area (Å²) in [4.78, 5) is 0. The fourth-order valence-electron chi connectivity index (χ4n) is 2.06. The highest BCUT2D eigenvalue weighted by Crippen LogP contribution is 2.23. The first-order chi connectivity index (χ1) is 8.56. The van der Waals surface area contributed by atoms with E-state index in [1.807, 2.05) is 37.5 Å². The quantitative estimate of drug-likeness (QED) is 0.560. The van der Waals surface area contributed by atoms with Crippen LogP contribution in [0.1, 0.15) is 31.9 Å². The van der Waals surface area contributed by atoms with Crippen molar-refractivity contribution >= 4 is 11.8 Å². The van der Waals surface area contributed by atoms with Crippen LogP contribution in [0, 0.1) is 6.92 Å². The second kappa shape index (κ2) is 7.16. The zero-order valence-electron chi connectivity index (χ0n) is 11.9. The van der Waals surface area contributed by atoms with Gasteiger partial charge in [0.05, 0.1) is 17.3 Å². The Morgan fingerprint density at radius 3 is 2.72 bits per heavy atom. The molecule has 18 heavy (non-hydrogen) atoms. The number of nitrogens with zero attached hydrogens (tertiary/aromatic N) is 2. The molecule has 0 bridgehead atoms. The highest BCUT2D eigenvalue weighted by atomic mass is 32.2. The summed E-state index contributed by atoms with van der Waals surface area (Å²) in [7, 11) is 3.91. The number of hydrogen-bond acceptors (Lipinski definition) is 4. The van der Waals surface area contributed by atoms with E-state index in [0.717, 1.165) is 30.7 Å². The van der Waals surface area contributed by atoms with Gasteiger partial charge in [0.25, 0.3) is 0 Å². The predicted molar refractivity (Wildman–Crippen MR) is 77.1 cm³/mol. The van der Waals surface area contributed by atoms with Crippen molar-refractivity contribution in [1.29, 1.82) is 0 Å². The van der Waals surface area contributed by atoms with Crippen LogP contribution in [-0.2, 0) is 7.05 Å². The molecule has 1 rings (SSSR count). The van der Waals surface area contributed by atoms with Crippen molar-refractivity contribution in [1.82, 2.24) is 15.1 Å². The maximum atomic E-state index is 9.46. The van der Waals surface area contributed by atoms with Gasteiger partial charge >= 0.3 is 0 Å². The second-order valence-electron chi connectivity index (χ2n) is 4.74. The van der Waals surface area contributed by atoms with Crippen molar-refractivity contribution in [3.05, 3.63) is 11.8 Å². The maximum absolute atomic E-state index is 9.46. The third-order valence-electron chi connectivity index (χ3n) is 3.52. The lowest BCUT2D eigenvalue weighted by atomic mass is 9.92. The van der Waals surface area contributed by atoms with Gasteiger partial charge in [-0.05, 0) is 45.1 Å². The van der Waals surface area contributed by atoms with E-state index < -0.39 is 0 Å². The summed E-state index contributed by atoms with van der Waals surface area (Å²) < 4.78 is 1.93. The summed E-state index contributed by atoms with van der Waals surface area (Å²) in [5.74, 6) is 1.06. The Kier molecular flexibility index (Phi) is 6.18. The number of nitrogens with one attached hydrogen (secondary N) is 1. The minimum Gasteiger partial charge on any atom is -0.394 e. The van der Waals surface area contributed by atoms with Crippen LogP contribution in [0.4, 0.5) is 0 Å². The van der Waals surface area contributed by atoms with Crippen LogP contribution in [0.25, 0.3) is 0 Å². The van der Waals surface area contributed by atoms with Crippen LogP contribution >= 0.6 is 11.8 Å². The van der Waals surface area contributed by atoms with Crippen LogP contribution in [0.3, 0.4) is 0 Å². The molecule has 0 amide bonds. The number of likely N-dealkylation sites (N-methyl/N-ethyl adjacent to an activating group) is 1. The molecule has 0 saturated carbocycles. The van der Waals surface area contributed by atoms with E-state index in [1.165, 1.54) is 5.03 Å². The first-order valence-corrected chi connectivity index (χ1v) is 7.48. The summed E-state index contributed by atoms with van der Waals surface area (Å²) in [6, 6.07) is 2.11. The zero-order chi connectivity index (χ0) is 13.6. The van der Waals surface area contributed by atoms with Crippen LogP contribution in [-0.4, -0.2) is 39.8 Å². The van der Waals surface area contributed by atoms with E-state index in [4.69, 9.17) is 0 Å². The summed E-state index contributed by atoms with van der Waals surface area (Å²) in [6.45, 7) is 4.33. The molecule has 4 nitrogen and oxygen atoms in total. The number of rotatable bonds is 8. The van der Waals surface area contributed by atoms with Crippen molar-refractivity contribution in [2.45, 2.75) is 43.7 Å². The molecule has 0 aliphatic heterocycles. The Labute approximate surface area is 114 Å². The number of aliphatic hydroxyl groups excluding tert-OH is 1. The average Bonchev–Trinajstić information content (AvgIpc) is 2.69. The van der Waals surface area contributed by atoms with E-state index in [1.54, 1.807) is 0 Å². The molecule has 104 valence electrons. The van der Waals surface area contributed by atoms with Gasteiger partial charge in [-0.3, -0.25) is 4.68 Å². The fourth-order valence-corrected chi connectivity index (χ4v) is 3.04. The summed E-state index contributed by atoms with van der Waals surface area (Å²) in [5, 5.41) is 18.3. The number of thioether (sulfide) groups is 1. The van der Waals surface area contributed by atoms with E-state index in [2.05, 4.69) is 23.4 Å². The molecule has 5 heteroatoms. The SMILES string of the molecule is CCC(CO)(CCCSc1cc(C)nn1C)NC. The van der Waals surface area contributed by atoms with Crippen LogP contribution in [0.2, 0.25) is 0 Å². The number of aryl methyl sites for hydroxylation is 2. The van der Waals surface area contributed by atoms with Gasteiger partial charge < -0.3 is 10.4 Å². The van der Waals surface area contributed by atoms with Crippen molar-refractivity contribution in [2.75, 3.05) is 19.4 Å². The summed E-state index contributed by atoms with van der Waals surface area (Å²) >= 11 is 1.83. The van der Waals surface area contributed by atoms with Gasteiger partial charge in [0.15, 0.2) is 0 Å². The van der Waals surface area contributed by atoms with Crippen molar-refractivity contribution in [2.24, 2.45) is 7.05 Å². The van der Waals surface area contributed by atoms with Crippen molar-refractivity contribution in [3.63, 3.8) is 0 Å².